The molecule has 0 fully saturated rings. The van der Waals surface area contributed by atoms with Crippen molar-refractivity contribution < 1.29 is 0 Å². The summed E-state index contributed by atoms with van der Waals surface area (Å²) in [4.78, 5) is 0. The second-order valence-electron chi connectivity index (χ2n) is 3.80. The molecule has 0 spiro atoms. The van der Waals surface area contributed by atoms with E-state index in [0.717, 1.165) is 15.9 Å². The third-order valence-electron chi connectivity index (χ3n) is 2.20. The smallest absolute Gasteiger partial charge is 0.271 e. The van der Waals surface area contributed by atoms with Gasteiger partial charge in [0.25, 0.3) is 5.95 Å². The Bertz CT molecular complexity index is 587. The van der Waals surface area contributed by atoms with E-state index in [-0.39, 0.29) is 0 Å². The molecule has 0 radical (unpaired) electrons. The predicted molar refractivity (Wildman–Crippen MR) is 75.6 cm³/mol. The van der Waals surface area contributed by atoms with Gasteiger partial charge in [0.1, 0.15) is 0 Å². The molecule has 0 aliphatic carbocycles. The van der Waals surface area contributed by atoms with Crippen LogP contribution >= 0.6 is 27.7 Å². The fourth-order valence-electron chi connectivity index (χ4n) is 1.49. The maximum atomic E-state index is 5.96. The highest BCUT2D eigenvalue weighted by molar-refractivity contribution is 9.11. The highest BCUT2D eigenvalue weighted by atomic mass is 79.9. The molecule has 0 aromatic carbocycles. The van der Waals surface area contributed by atoms with E-state index in [1.807, 2.05) is 19.9 Å². The topological polar surface area (TPSA) is 74.5 Å². The SMILES string of the molecule is C=C(Br)CSc1nnc(-n2nc(C)cc2C)n1N. The third kappa shape index (κ3) is 2.59. The van der Waals surface area contributed by atoms with Crippen LogP contribution in [0.2, 0.25) is 0 Å². The number of rotatable bonds is 4. The number of hydrogen-bond acceptors (Lipinski definition) is 5. The summed E-state index contributed by atoms with van der Waals surface area (Å²) in [6.07, 6.45) is 0. The number of nitrogens with zero attached hydrogens (tertiary/aromatic N) is 5. The Balaban J connectivity index is 2.30. The molecule has 0 unspecified atom stereocenters. The molecule has 2 aromatic rings. The van der Waals surface area contributed by atoms with E-state index in [9.17, 15) is 0 Å². The number of aromatic nitrogens is 5. The van der Waals surface area contributed by atoms with E-state index in [1.54, 1.807) is 4.68 Å². The van der Waals surface area contributed by atoms with Crippen LogP contribution in [0.3, 0.4) is 0 Å². The number of hydrogen-bond donors (Lipinski definition) is 1. The molecule has 0 atom stereocenters. The van der Waals surface area contributed by atoms with E-state index in [1.165, 1.54) is 16.4 Å². The molecule has 2 heterocycles. The lowest BCUT2D eigenvalue weighted by Crippen LogP contribution is -2.17. The molecule has 6 nitrogen and oxygen atoms in total. The zero-order valence-corrected chi connectivity index (χ0v) is 12.5. The molecule has 2 rings (SSSR count). The van der Waals surface area contributed by atoms with Crippen molar-refractivity contribution >= 4 is 27.7 Å². The summed E-state index contributed by atoms with van der Waals surface area (Å²) in [5.41, 5.74) is 1.88. The molecule has 0 aliphatic rings. The Labute approximate surface area is 117 Å². The number of nitrogens with two attached hydrogens (primary N) is 1. The highest BCUT2D eigenvalue weighted by Crippen LogP contribution is 2.21. The van der Waals surface area contributed by atoms with Crippen molar-refractivity contribution in [3.05, 3.63) is 28.5 Å². The first kappa shape index (κ1) is 13.2. The van der Waals surface area contributed by atoms with Crippen LogP contribution in [0.25, 0.3) is 5.95 Å². The largest absolute Gasteiger partial charge is 0.334 e. The Morgan fingerprint density at radius 3 is 2.78 bits per heavy atom. The van der Waals surface area contributed by atoms with Crippen molar-refractivity contribution in [1.29, 1.82) is 0 Å². The first-order chi connectivity index (χ1) is 8.49. The van der Waals surface area contributed by atoms with E-state index >= 15 is 0 Å². The molecule has 0 saturated carbocycles. The maximum Gasteiger partial charge on any atom is 0.271 e. The molecular formula is C10H13BrN6S. The van der Waals surface area contributed by atoms with Gasteiger partial charge in [0, 0.05) is 11.4 Å². The minimum absolute atomic E-state index is 0.503. The van der Waals surface area contributed by atoms with E-state index in [4.69, 9.17) is 5.84 Å². The summed E-state index contributed by atoms with van der Waals surface area (Å²) < 4.78 is 3.98. The van der Waals surface area contributed by atoms with Gasteiger partial charge in [-0.1, -0.05) is 34.3 Å². The first-order valence-corrected chi connectivity index (χ1v) is 6.97. The van der Waals surface area contributed by atoms with Gasteiger partial charge < -0.3 is 5.84 Å². The molecular weight excluding hydrogens is 316 g/mol. The van der Waals surface area contributed by atoms with Gasteiger partial charge in [-0.3, -0.25) is 0 Å². The van der Waals surface area contributed by atoms with Crippen LogP contribution in [0.1, 0.15) is 11.4 Å². The molecule has 2 aromatic heterocycles. The van der Waals surface area contributed by atoms with Crippen molar-refractivity contribution in [1.82, 2.24) is 24.7 Å². The summed E-state index contributed by atoms with van der Waals surface area (Å²) in [6, 6.07) is 1.96. The van der Waals surface area contributed by atoms with Crippen LogP contribution in [-0.4, -0.2) is 30.4 Å². The maximum absolute atomic E-state index is 5.96. The zero-order chi connectivity index (χ0) is 13.3. The zero-order valence-electron chi connectivity index (χ0n) is 10.1. The number of halogens is 1. The molecule has 96 valence electrons. The van der Waals surface area contributed by atoms with Crippen LogP contribution in [0, 0.1) is 13.8 Å². The normalized spacial score (nSPS) is 10.8. The van der Waals surface area contributed by atoms with Gasteiger partial charge >= 0.3 is 0 Å². The number of thioether (sulfide) groups is 1. The lowest BCUT2D eigenvalue weighted by Gasteiger charge is -2.04. The Hall–Kier alpha value is -1.28. The van der Waals surface area contributed by atoms with Crippen molar-refractivity contribution in [3.63, 3.8) is 0 Å². The van der Waals surface area contributed by atoms with Gasteiger partial charge in [0.05, 0.1) is 5.69 Å². The number of nitrogen functional groups attached to an aromatic ring is 1. The van der Waals surface area contributed by atoms with E-state index in [2.05, 4.69) is 37.8 Å². The van der Waals surface area contributed by atoms with Crippen LogP contribution in [0.4, 0.5) is 0 Å². The molecule has 18 heavy (non-hydrogen) atoms. The van der Waals surface area contributed by atoms with Crippen molar-refractivity contribution in [2.45, 2.75) is 19.0 Å². The van der Waals surface area contributed by atoms with Crippen LogP contribution < -0.4 is 5.84 Å². The van der Waals surface area contributed by atoms with Gasteiger partial charge in [-0.25, -0.2) is 9.36 Å². The van der Waals surface area contributed by atoms with Gasteiger partial charge in [0.15, 0.2) is 0 Å². The van der Waals surface area contributed by atoms with Gasteiger partial charge in [0.2, 0.25) is 5.16 Å². The third-order valence-corrected chi connectivity index (χ3v) is 3.88. The van der Waals surface area contributed by atoms with E-state index < -0.39 is 0 Å². The molecule has 0 amide bonds. The minimum Gasteiger partial charge on any atom is -0.334 e. The summed E-state index contributed by atoms with van der Waals surface area (Å²) in [5.74, 6) is 7.15. The molecule has 0 saturated heterocycles. The monoisotopic (exact) mass is 328 g/mol. The van der Waals surface area contributed by atoms with Crippen molar-refractivity contribution in [3.8, 4) is 5.95 Å². The second-order valence-corrected chi connectivity index (χ2v) is 5.86. The first-order valence-electron chi connectivity index (χ1n) is 5.19. The number of aryl methyl sites for hydroxylation is 2. The Morgan fingerprint density at radius 2 is 2.22 bits per heavy atom. The van der Waals surface area contributed by atoms with Crippen molar-refractivity contribution in [2.24, 2.45) is 0 Å². The summed E-state index contributed by atoms with van der Waals surface area (Å²) in [7, 11) is 0. The summed E-state index contributed by atoms with van der Waals surface area (Å²) >= 11 is 4.75. The van der Waals surface area contributed by atoms with E-state index in [0.29, 0.717) is 16.9 Å². The standard InChI is InChI=1S/C10H13BrN6S/c1-6(11)5-18-10-14-13-9(16(10)12)17-8(3)4-7(2)15-17/h4H,1,5,12H2,2-3H3. The molecule has 8 heteroatoms. The van der Waals surface area contributed by atoms with Crippen LogP contribution in [0.5, 0.6) is 0 Å². The lowest BCUT2D eigenvalue weighted by atomic mass is 10.4. The van der Waals surface area contributed by atoms with Gasteiger partial charge in [-0.2, -0.15) is 5.10 Å². The van der Waals surface area contributed by atoms with Crippen LogP contribution in [0.15, 0.2) is 22.3 Å². The van der Waals surface area contributed by atoms with Gasteiger partial charge in [-0.05, 0) is 24.4 Å². The lowest BCUT2D eigenvalue weighted by molar-refractivity contribution is 0.727. The van der Waals surface area contributed by atoms with Crippen LogP contribution in [-0.2, 0) is 0 Å². The summed E-state index contributed by atoms with van der Waals surface area (Å²) in [6.45, 7) is 7.63. The quantitative estimate of drug-likeness (QED) is 0.684. The summed E-state index contributed by atoms with van der Waals surface area (Å²) in [5, 5.41) is 13.1. The fourth-order valence-corrected chi connectivity index (χ4v) is 2.43. The fraction of sp³-hybridized carbons (Fsp3) is 0.300. The molecule has 0 bridgehead atoms. The Morgan fingerprint density at radius 1 is 1.50 bits per heavy atom. The predicted octanol–water partition coefficient (Wildman–Crippen LogP) is 1.80. The highest BCUT2D eigenvalue weighted by Gasteiger charge is 2.14. The molecule has 0 aliphatic heterocycles. The minimum atomic E-state index is 0.503. The average Bonchev–Trinajstić information content (AvgIpc) is 2.79. The van der Waals surface area contributed by atoms with Crippen molar-refractivity contribution in [2.75, 3.05) is 11.6 Å². The average molecular weight is 329 g/mol. The second kappa shape index (κ2) is 5.15. The Kier molecular flexibility index (Phi) is 3.76. The molecule has 2 N–H and O–H groups in total. The van der Waals surface area contributed by atoms with Gasteiger partial charge in [-0.15, -0.1) is 10.2 Å².